The van der Waals surface area contributed by atoms with Crippen LogP contribution >= 0.6 is 0 Å². The zero-order valence-electron chi connectivity index (χ0n) is 20.6. The Morgan fingerprint density at radius 2 is 1.48 bits per heavy atom. The van der Waals surface area contributed by atoms with E-state index in [2.05, 4.69) is 10.6 Å². The average Bonchev–Trinajstić information content (AvgIpc) is 2.73. The van der Waals surface area contributed by atoms with Gasteiger partial charge in [0.1, 0.15) is 18.6 Å². The van der Waals surface area contributed by atoms with Crippen LogP contribution in [0.2, 0.25) is 0 Å². The number of rotatable bonds is 9. The molecule has 0 aromatic rings. The lowest BCUT2D eigenvalue weighted by molar-refractivity contribution is -0.141. The maximum absolute atomic E-state index is 13.1. The van der Waals surface area contributed by atoms with Gasteiger partial charge in [-0.05, 0) is 18.3 Å². The standard InChI is InChI=1S/C20H37N7O6/c1-11(2)9-13(16(29)23-15(12(3)4)17(30)27(8)18(21)31)26(7)14(28)10-25(6)20(33)24-19(32)22-5/h11-13,15H,9-10H2,1-8H3,(H2,21,31)(H,23,29)(H2,22,24,32,33)/t13-,15-/m0/s1. The number of hydrogen-bond acceptors (Lipinski definition) is 6. The van der Waals surface area contributed by atoms with Crippen molar-refractivity contribution in [3.63, 3.8) is 0 Å². The van der Waals surface area contributed by atoms with E-state index in [1.54, 1.807) is 13.8 Å². The molecule has 0 radical (unpaired) electrons. The van der Waals surface area contributed by atoms with Gasteiger partial charge in [-0.15, -0.1) is 0 Å². The Labute approximate surface area is 194 Å². The van der Waals surface area contributed by atoms with E-state index in [1.807, 2.05) is 19.2 Å². The lowest BCUT2D eigenvalue weighted by atomic mass is 9.99. The molecule has 0 aliphatic rings. The van der Waals surface area contributed by atoms with Crippen molar-refractivity contribution in [3.05, 3.63) is 0 Å². The predicted octanol–water partition coefficient (Wildman–Crippen LogP) is -0.482. The molecule has 0 heterocycles. The highest BCUT2D eigenvalue weighted by molar-refractivity contribution is 5.99. The number of likely N-dealkylation sites (N-methyl/N-ethyl adjacent to an activating group) is 3. The van der Waals surface area contributed by atoms with E-state index < -0.39 is 54.4 Å². The van der Waals surface area contributed by atoms with Gasteiger partial charge >= 0.3 is 18.1 Å². The van der Waals surface area contributed by atoms with Crippen molar-refractivity contribution in [2.75, 3.05) is 34.7 Å². The molecule has 188 valence electrons. The minimum absolute atomic E-state index is 0.0202. The summed E-state index contributed by atoms with van der Waals surface area (Å²) in [5.41, 5.74) is 5.17. The zero-order valence-corrected chi connectivity index (χ0v) is 20.6. The third kappa shape index (κ3) is 9.33. The van der Waals surface area contributed by atoms with Crippen molar-refractivity contribution in [1.82, 2.24) is 30.7 Å². The molecular formula is C20H37N7O6. The fourth-order valence-electron chi connectivity index (χ4n) is 2.78. The predicted molar refractivity (Wildman–Crippen MR) is 121 cm³/mol. The largest absolute Gasteiger partial charge is 0.351 e. The highest BCUT2D eigenvalue weighted by atomic mass is 16.2. The monoisotopic (exact) mass is 471 g/mol. The fourth-order valence-corrected chi connectivity index (χ4v) is 2.78. The quantitative estimate of drug-likeness (QED) is 0.353. The van der Waals surface area contributed by atoms with Crippen molar-refractivity contribution in [3.8, 4) is 0 Å². The van der Waals surface area contributed by atoms with E-state index in [9.17, 15) is 28.8 Å². The molecule has 0 spiro atoms. The highest BCUT2D eigenvalue weighted by Crippen LogP contribution is 2.14. The Kier molecular flexibility index (Phi) is 11.9. The molecule has 2 atom stereocenters. The molecule has 0 bridgehead atoms. The van der Waals surface area contributed by atoms with Gasteiger partial charge in [0.05, 0.1) is 0 Å². The fraction of sp³-hybridized carbons (Fsp3) is 0.700. The molecule has 13 nitrogen and oxygen atoms in total. The lowest BCUT2D eigenvalue weighted by Gasteiger charge is -2.32. The molecule has 0 saturated carbocycles. The van der Waals surface area contributed by atoms with Crippen molar-refractivity contribution in [2.24, 2.45) is 17.6 Å². The van der Waals surface area contributed by atoms with E-state index >= 15 is 0 Å². The summed E-state index contributed by atoms with van der Waals surface area (Å²) in [6.45, 7) is 6.74. The van der Waals surface area contributed by atoms with Crippen LogP contribution < -0.4 is 21.7 Å². The van der Waals surface area contributed by atoms with Crippen LogP contribution in [0.1, 0.15) is 34.1 Å². The first-order valence-electron chi connectivity index (χ1n) is 10.5. The smallest absolute Gasteiger partial charge is 0.325 e. The first-order valence-corrected chi connectivity index (χ1v) is 10.5. The van der Waals surface area contributed by atoms with E-state index in [-0.39, 0.29) is 18.3 Å². The van der Waals surface area contributed by atoms with Crippen LogP contribution in [0, 0.1) is 11.8 Å². The summed E-state index contributed by atoms with van der Waals surface area (Å²) in [5.74, 6) is -2.14. The lowest BCUT2D eigenvalue weighted by Crippen LogP contribution is -2.58. The van der Waals surface area contributed by atoms with E-state index in [4.69, 9.17) is 5.73 Å². The van der Waals surface area contributed by atoms with Crippen LogP contribution in [-0.2, 0) is 14.4 Å². The molecule has 0 aromatic heterocycles. The minimum atomic E-state index is -1.03. The summed E-state index contributed by atoms with van der Waals surface area (Å²) in [6.07, 6.45) is 0.285. The number of nitrogens with one attached hydrogen (secondary N) is 3. The first kappa shape index (κ1) is 29.6. The summed E-state index contributed by atoms with van der Waals surface area (Å²) < 4.78 is 0. The molecule has 0 saturated heterocycles. The van der Waals surface area contributed by atoms with Crippen LogP contribution in [-0.4, -0.2) is 97.3 Å². The van der Waals surface area contributed by atoms with Gasteiger partial charge in [0, 0.05) is 28.2 Å². The van der Waals surface area contributed by atoms with Crippen molar-refractivity contribution < 1.29 is 28.8 Å². The number of imide groups is 2. The Morgan fingerprint density at radius 1 is 0.939 bits per heavy atom. The van der Waals surface area contributed by atoms with Gasteiger partial charge in [-0.3, -0.25) is 24.6 Å². The number of carbonyl (C=O) groups is 6. The maximum Gasteiger partial charge on any atom is 0.325 e. The van der Waals surface area contributed by atoms with Crippen LogP contribution in [0.4, 0.5) is 14.4 Å². The van der Waals surface area contributed by atoms with Gasteiger partial charge in [0.15, 0.2) is 0 Å². The maximum atomic E-state index is 13.1. The molecule has 9 amide bonds. The molecule has 0 unspecified atom stereocenters. The molecule has 0 aliphatic carbocycles. The van der Waals surface area contributed by atoms with Crippen LogP contribution in [0.15, 0.2) is 0 Å². The van der Waals surface area contributed by atoms with Crippen molar-refractivity contribution >= 4 is 35.8 Å². The van der Waals surface area contributed by atoms with E-state index in [0.717, 1.165) is 9.80 Å². The SMILES string of the molecule is CNC(=O)NC(=O)N(C)CC(=O)N(C)[C@@H](CC(C)C)C(=O)N[C@H](C(=O)N(C)C(N)=O)C(C)C. The second-order valence-corrected chi connectivity index (χ2v) is 8.48. The number of nitrogens with zero attached hydrogens (tertiary/aromatic N) is 3. The summed E-state index contributed by atoms with van der Waals surface area (Å²) >= 11 is 0. The number of urea groups is 3. The number of amides is 9. The number of nitrogens with two attached hydrogens (primary N) is 1. The van der Waals surface area contributed by atoms with Crippen LogP contribution in [0.3, 0.4) is 0 Å². The molecule has 0 aliphatic heterocycles. The summed E-state index contributed by atoms with van der Waals surface area (Å²) in [4.78, 5) is 76.0. The second-order valence-electron chi connectivity index (χ2n) is 8.48. The Balaban J connectivity index is 5.54. The van der Waals surface area contributed by atoms with Crippen LogP contribution in [0.5, 0.6) is 0 Å². The van der Waals surface area contributed by atoms with Gasteiger partial charge in [-0.2, -0.15) is 0 Å². The van der Waals surface area contributed by atoms with Crippen LogP contribution in [0.25, 0.3) is 0 Å². The number of primary amides is 1. The van der Waals surface area contributed by atoms with E-state index in [0.29, 0.717) is 0 Å². The average molecular weight is 472 g/mol. The molecular weight excluding hydrogens is 434 g/mol. The normalized spacial score (nSPS) is 12.4. The van der Waals surface area contributed by atoms with Gasteiger partial charge in [0.2, 0.25) is 11.8 Å². The zero-order chi connectivity index (χ0) is 26.0. The van der Waals surface area contributed by atoms with Crippen molar-refractivity contribution in [2.45, 2.75) is 46.2 Å². The Hall–Kier alpha value is -3.38. The molecule has 13 heteroatoms. The molecule has 5 N–H and O–H groups in total. The third-order valence-corrected chi connectivity index (χ3v) is 4.92. The van der Waals surface area contributed by atoms with Gasteiger partial charge in [0.25, 0.3) is 5.91 Å². The molecule has 0 fully saturated rings. The topological polar surface area (TPSA) is 174 Å². The molecule has 33 heavy (non-hydrogen) atoms. The summed E-state index contributed by atoms with van der Waals surface area (Å²) in [7, 11) is 5.30. The first-order chi connectivity index (χ1) is 15.1. The van der Waals surface area contributed by atoms with Gasteiger partial charge in [-0.1, -0.05) is 27.7 Å². The Bertz CT molecular complexity index is 755. The summed E-state index contributed by atoms with van der Waals surface area (Å²) in [6, 6.07) is -4.45. The molecule has 0 rings (SSSR count). The number of hydrogen-bond donors (Lipinski definition) is 4. The third-order valence-electron chi connectivity index (χ3n) is 4.92. The Morgan fingerprint density at radius 3 is 1.91 bits per heavy atom. The van der Waals surface area contributed by atoms with Crippen molar-refractivity contribution in [1.29, 1.82) is 0 Å². The van der Waals surface area contributed by atoms with Gasteiger partial charge < -0.3 is 26.2 Å². The summed E-state index contributed by atoms with van der Waals surface area (Å²) in [5, 5.41) is 6.89. The minimum Gasteiger partial charge on any atom is -0.351 e. The molecule has 0 aromatic carbocycles. The van der Waals surface area contributed by atoms with Gasteiger partial charge in [-0.25, -0.2) is 14.4 Å². The van der Waals surface area contributed by atoms with E-state index in [1.165, 1.54) is 33.1 Å². The highest BCUT2D eigenvalue weighted by Gasteiger charge is 2.34. The number of carbonyl (C=O) groups excluding carboxylic acids is 6. The second kappa shape index (κ2) is 13.2.